The van der Waals surface area contributed by atoms with Gasteiger partial charge in [0, 0.05) is 13.0 Å². The second-order valence-corrected chi connectivity index (χ2v) is 5.02. The first-order valence-corrected chi connectivity index (χ1v) is 7.23. The van der Waals surface area contributed by atoms with Crippen LogP contribution in [0, 0.1) is 0 Å². The van der Waals surface area contributed by atoms with Crippen LogP contribution in [0.25, 0.3) is 0 Å². The zero-order chi connectivity index (χ0) is 15.8. The van der Waals surface area contributed by atoms with E-state index in [0.717, 1.165) is 22.6 Å². The van der Waals surface area contributed by atoms with Crippen molar-refractivity contribution < 1.29 is 19.3 Å². The first kappa shape index (κ1) is 16.3. The maximum atomic E-state index is 9.74. The molecule has 0 aliphatic rings. The second kappa shape index (κ2) is 8.41. The molecule has 0 aliphatic carbocycles. The summed E-state index contributed by atoms with van der Waals surface area (Å²) in [5.74, 6) is 1.61. The fraction of sp³-hybridized carbons (Fsp3) is 0.333. The maximum absolute atomic E-state index is 9.74. The van der Waals surface area contributed by atoms with Crippen LogP contribution in [0.2, 0.25) is 0 Å². The third-order valence-corrected chi connectivity index (χ3v) is 3.58. The fourth-order valence-electron chi connectivity index (χ4n) is 2.37. The van der Waals surface area contributed by atoms with Gasteiger partial charge in [-0.3, -0.25) is 0 Å². The number of benzene rings is 2. The van der Waals surface area contributed by atoms with Crippen LogP contribution in [0.5, 0.6) is 11.5 Å². The average Bonchev–Trinajstić information content (AvgIpc) is 2.59. The summed E-state index contributed by atoms with van der Waals surface area (Å²) in [4.78, 5) is 0. The van der Waals surface area contributed by atoms with Crippen LogP contribution in [0.3, 0.4) is 0 Å². The number of hydrogen-bond donors (Lipinski definition) is 1. The molecule has 2 aromatic carbocycles. The molecule has 0 fully saturated rings. The van der Waals surface area contributed by atoms with Crippen molar-refractivity contribution in [2.75, 3.05) is 27.6 Å². The van der Waals surface area contributed by atoms with E-state index >= 15 is 0 Å². The molecule has 1 unspecified atom stereocenters. The van der Waals surface area contributed by atoms with E-state index in [-0.39, 0.29) is 19.3 Å². The summed E-state index contributed by atoms with van der Waals surface area (Å²) in [6.45, 7) is 0.286. The molecule has 1 N–H and O–H groups in total. The first-order chi connectivity index (χ1) is 10.8. The lowest BCUT2D eigenvalue weighted by Crippen LogP contribution is -2.09. The highest BCUT2D eigenvalue weighted by Crippen LogP contribution is 2.27. The summed E-state index contributed by atoms with van der Waals surface area (Å²) in [5.41, 5.74) is 2.12. The van der Waals surface area contributed by atoms with Gasteiger partial charge in [0.2, 0.25) is 0 Å². The van der Waals surface area contributed by atoms with Crippen LogP contribution < -0.4 is 9.47 Å². The van der Waals surface area contributed by atoms with Gasteiger partial charge in [-0.2, -0.15) is 0 Å². The van der Waals surface area contributed by atoms with E-state index in [1.54, 1.807) is 14.2 Å². The van der Waals surface area contributed by atoms with Gasteiger partial charge in [-0.15, -0.1) is 0 Å². The van der Waals surface area contributed by atoms with E-state index in [4.69, 9.17) is 14.2 Å². The zero-order valence-electron chi connectivity index (χ0n) is 13.0. The zero-order valence-corrected chi connectivity index (χ0v) is 13.0. The molecule has 118 valence electrons. The summed E-state index contributed by atoms with van der Waals surface area (Å²) in [6.07, 6.45) is 0.697. The van der Waals surface area contributed by atoms with E-state index in [0.29, 0.717) is 6.42 Å². The highest BCUT2D eigenvalue weighted by Gasteiger charge is 2.14. The van der Waals surface area contributed by atoms with Crippen LogP contribution in [-0.2, 0) is 11.2 Å². The number of hydrogen-bond acceptors (Lipinski definition) is 4. The van der Waals surface area contributed by atoms with Gasteiger partial charge in [0.25, 0.3) is 0 Å². The minimum atomic E-state index is 0.0122. The molecule has 0 saturated heterocycles. The lowest BCUT2D eigenvalue weighted by Gasteiger charge is -2.17. The van der Waals surface area contributed by atoms with Crippen molar-refractivity contribution in [1.82, 2.24) is 0 Å². The van der Waals surface area contributed by atoms with Gasteiger partial charge in [-0.25, -0.2) is 0 Å². The molecule has 0 spiro atoms. The Morgan fingerprint density at radius 2 is 1.73 bits per heavy atom. The minimum absolute atomic E-state index is 0.0122. The van der Waals surface area contributed by atoms with Crippen molar-refractivity contribution in [3.8, 4) is 11.5 Å². The molecule has 0 heterocycles. The van der Waals surface area contributed by atoms with Crippen molar-refractivity contribution in [2.24, 2.45) is 0 Å². The molecule has 22 heavy (non-hydrogen) atoms. The monoisotopic (exact) mass is 302 g/mol. The highest BCUT2D eigenvalue weighted by atomic mass is 16.7. The van der Waals surface area contributed by atoms with E-state index in [1.165, 1.54) is 0 Å². The molecule has 1 atom stereocenters. The van der Waals surface area contributed by atoms with E-state index < -0.39 is 0 Å². The molecule has 0 saturated carbocycles. The number of aliphatic hydroxyl groups excluding tert-OH is 1. The first-order valence-electron chi connectivity index (χ1n) is 7.23. The number of methoxy groups -OCH3 is 2. The van der Waals surface area contributed by atoms with Crippen LogP contribution in [-0.4, -0.2) is 32.7 Å². The molecule has 0 aliphatic heterocycles. The fourth-order valence-corrected chi connectivity index (χ4v) is 2.37. The Morgan fingerprint density at radius 3 is 2.36 bits per heavy atom. The third-order valence-electron chi connectivity index (χ3n) is 3.58. The summed E-state index contributed by atoms with van der Waals surface area (Å²) < 4.78 is 15.7. The van der Waals surface area contributed by atoms with Crippen LogP contribution >= 0.6 is 0 Å². The van der Waals surface area contributed by atoms with Gasteiger partial charge in [0.05, 0.1) is 13.7 Å². The molecule has 0 bridgehead atoms. The Balaban J connectivity index is 2.15. The Bertz CT molecular complexity index is 566. The third kappa shape index (κ3) is 4.23. The smallest absolute Gasteiger partial charge is 0.188 e. The molecule has 0 amide bonds. The summed E-state index contributed by atoms with van der Waals surface area (Å²) >= 11 is 0. The lowest BCUT2D eigenvalue weighted by molar-refractivity contribution is 0.0503. The largest absolute Gasteiger partial charge is 0.497 e. The standard InChI is InChI=1S/C18H22O4/c1-20-13-22-18-6-4-3-5-15(18)11-16(12-19)14-7-9-17(21-2)10-8-14/h3-10,16,19H,11-13H2,1-2H3. The lowest BCUT2D eigenvalue weighted by atomic mass is 9.92. The molecular weight excluding hydrogens is 280 g/mol. The Kier molecular flexibility index (Phi) is 6.25. The van der Waals surface area contributed by atoms with Gasteiger partial charge in [-0.05, 0) is 35.7 Å². The second-order valence-electron chi connectivity index (χ2n) is 5.02. The Morgan fingerprint density at radius 1 is 1.00 bits per heavy atom. The summed E-state index contributed by atoms with van der Waals surface area (Å²) in [7, 11) is 3.23. The molecule has 0 aromatic heterocycles. The highest BCUT2D eigenvalue weighted by molar-refractivity contribution is 5.36. The molecule has 4 heteroatoms. The molecule has 2 rings (SSSR count). The van der Waals surface area contributed by atoms with E-state index in [1.807, 2.05) is 48.5 Å². The van der Waals surface area contributed by atoms with Crippen molar-refractivity contribution in [3.05, 3.63) is 59.7 Å². The van der Waals surface area contributed by atoms with Crippen molar-refractivity contribution in [3.63, 3.8) is 0 Å². The quantitative estimate of drug-likeness (QED) is 0.762. The summed E-state index contributed by atoms with van der Waals surface area (Å²) in [6, 6.07) is 15.6. The predicted octanol–water partition coefficient (Wildman–Crippen LogP) is 3.00. The van der Waals surface area contributed by atoms with Gasteiger partial charge < -0.3 is 19.3 Å². The number of para-hydroxylation sites is 1. The Labute approximate surface area is 131 Å². The SMILES string of the molecule is COCOc1ccccc1CC(CO)c1ccc(OC)cc1. The molecular formula is C18H22O4. The van der Waals surface area contributed by atoms with Gasteiger partial charge in [0.1, 0.15) is 11.5 Å². The van der Waals surface area contributed by atoms with E-state index in [2.05, 4.69) is 0 Å². The van der Waals surface area contributed by atoms with Crippen molar-refractivity contribution >= 4 is 0 Å². The van der Waals surface area contributed by atoms with Crippen LogP contribution in [0.15, 0.2) is 48.5 Å². The van der Waals surface area contributed by atoms with Gasteiger partial charge in [-0.1, -0.05) is 30.3 Å². The van der Waals surface area contributed by atoms with Crippen molar-refractivity contribution in [1.29, 1.82) is 0 Å². The van der Waals surface area contributed by atoms with Gasteiger partial charge >= 0.3 is 0 Å². The number of ether oxygens (including phenoxy) is 3. The van der Waals surface area contributed by atoms with E-state index in [9.17, 15) is 5.11 Å². The van der Waals surface area contributed by atoms with Gasteiger partial charge in [0.15, 0.2) is 6.79 Å². The molecule has 2 aromatic rings. The van der Waals surface area contributed by atoms with Crippen molar-refractivity contribution in [2.45, 2.75) is 12.3 Å². The average molecular weight is 302 g/mol. The predicted molar refractivity (Wildman–Crippen MR) is 85.5 cm³/mol. The topological polar surface area (TPSA) is 47.9 Å². The minimum Gasteiger partial charge on any atom is -0.497 e. The van der Waals surface area contributed by atoms with Crippen LogP contribution in [0.1, 0.15) is 17.0 Å². The Hall–Kier alpha value is -2.04. The number of aliphatic hydroxyl groups is 1. The summed E-state index contributed by atoms with van der Waals surface area (Å²) in [5, 5.41) is 9.74. The molecule has 4 nitrogen and oxygen atoms in total. The normalized spacial score (nSPS) is 12.0. The number of rotatable bonds is 8. The molecule has 0 radical (unpaired) electrons. The maximum Gasteiger partial charge on any atom is 0.188 e. The van der Waals surface area contributed by atoms with Crippen LogP contribution in [0.4, 0.5) is 0 Å².